The van der Waals surface area contributed by atoms with Crippen molar-refractivity contribution in [3.05, 3.63) is 39.2 Å². The van der Waals surface area contributed by atoms with E-state index in [2.05, 4.69) is 10.0 Å². The molecule has 0 radical (unpaired) electrons. The highest BCUT2D eigenvalue weighted by Gasteiger charge is 2.50. The molecule has 0 amide bonds. The van der Waals surface area contributed by atoms with Gasteiger partial charge in [0, 0.05) is 30.6 Å². The molecule has 2 rings (SSSR count). The molecule has 0 bridgehead atoms. The van der Waals surface area contributed by atoms with Gasteiger partial charge in [-0.25, -0.2) is 0 Å². The summed E-state index contributed by atoms with van der Waals surface area (Å²) in [5, 5.41) is 12.9. The van der Waals surface area contributed by atoms with Gasteiger partial charge < -0.3 is 18.9 Å². The quantitative estimate of drug-likeness (QED) is 0.187. The van der Waals surface area contributed by atoms with E-state index in [-0.39, 0.29) is 17.2 Å². The second kappa shape index (κ2) is 11.6. The minimum absolute atomic E-state index is 0.207. The number of thioether (sulfide) groups is 1. The van der Waals surface area contributed by atoms with Crippen LogP contribution in [0.2, 0.25) is 5.02 Å². The van der Waals surface area contributed by atoms with E-state index >= 15 is 0 Å². The second-order valence-electron chi connectivity index (χ2n) is 6.56. The standard InChI is InChI=1S/C19H19ClN4O7S/c1-9(25)28-8-15-17(29-10(2)26)16(23-24-22)18(30-11(3)27)19(31-15)32-13-5-4-12(7-21)14(20)6-13/h4-6,15-19H,8H2,1-3H3/t15?,16-,17-,18?,19+/m0/s1. The second-order valence-corrected chi connectivity index (χ2v) is 8.14. The molecule has 1 aliphatic heterocycles. The van der Waals surface area contributed by atoms with Crippen molar-refractivity contribution in [2.45, 2.75) is 55.5 Å². The number of nitrogens with zero attached hydrogens (tertiary/aromatic N) is 4. The van der Waals surface area contributed by atoms with Crippen LogP contribution < -0.4 is 0 Å². The van der Waals surface area contributed by atoms with Gasteiger partial charge in [0.15, 0.2) is 0 Å². The predicted molar refractivity (Wildman–Crippen MR) is 111 cm³/mol. The van der Waals surface area contributed by atoms with Crippen molar-refractivity contribution in [1.29, 1.82) is 5.26 Å². The summed E-state index contributed by atoms with van der Waals surface area (Å²) in [7, 11) is 0. The number of hydrogen-bond acceptors (Lipinski definition) is 10. The van der Waals surface area contributed by atoms with Crippen LogP contribution >= 0.6 is 23.4 Å². The van der Waals surface area contributed by atoms with Crippen LogP contribution in [0.25, 0.3) is 10.4 Å². The van der Waals surface area contributed by atoms with Gasteiger partial charge in [-0.05, 0) is 23.7 Å². The molecule has 32 heavy (non-hydrogen) atoms. The van der Waals surface area contributed by atoms with Crippen LogP contribution in [0.4, 0.5) is 0 Å². The number of azide groups is 1. The maximum atomic E-state index is 11.8. The summed E-state index contributed by atoms with van der Waals surface area (Å²) >= 11 is 7.18. The smallest absolute Gasteiger partial charge is 0.303 e. The van der Waals surface area contributed by atoms with Gasteiger partial charge in [-0.2, -0.15) is 5.26 Å². The van der Waals surface area contributed by atoms with Crippen LogP contribution in [0.1, 0.15) is 26.3 Å². The third kappa shape index (κ3) is 6.77. The molecule has 1 aliphatic rings. The average Bonchev–Trinajstić information content (AvgIpc) is 2.70. The Kier molecular flexibility index (Phi) is 9.16. The molecule has 0 aromatic heterocycles. The number of esters is 3. The van der Waals surface area contributed by atoms with Gasteiger partial charge >= 0.3 is 17.9 Å². The summed E-state index contributed by atoms with van der Waals surface area (Å²) in [6.07, 6.45) is -3.36. The lowest BCUT2D eigenvalue weighted by atomic mass is 9.97. The molecule has 0 saturated carbocycles. The van der Waals surface area contributed by atoms with Crippen molar-refractivity contribution < 1.29 is 33.3 Å². The summed E-state index contributed by atoms with van der Waals surface area (Å²) < 4.78 is 21.7. The molecule has 1 aromatic carbocycles. The number of halogens is 1. The van der Waals surface area contributed by atoms with Crippen molar-refractivity contribution in [2.24, 2.45) is 5.11 Å². The number of rotatable bonds is 7. The summed E-state index contributed by atoms with van der Waals surface area (Å²) in [4.78, 5) is 38.1. The molecular formula is C19H19ClN4O7S. The molecule has 5 atom stereocenters. The Morgan fingerprint density at radius 3 is 2.41 bits per heavy atom. The first kappa shape index (κ1) is 25.3. The Hall–Kier alpha value is -2.97. The van der Waals surface area contributed by atoms with Gasteiger partial charge in [0.25, 0.3) is 0 Å². The normalized spacial score (nSPS) is 24.4. The van der Waals surface area contributed by atoms with Crippen LogP contribution in [0.5, 0.6) is 0 Å². The molecule has 170 valence electrons. The van der Waals surface area contributed by atoms with E-state index in [0.717, 1.165) is 18.7 Å². The van der Waals surface area contributed by atoms with Crippen LogP contribution in [0.3, 0.4) is 0 Å². The van der Waals surface area contributed by atoms with E-state index in [1.54, 1.807) is 6.07 Å². The van der Waals surface area contributed by atoms with Crippen molar-refractivity contribution in [3.63, 3.8) is 0 Å². The minimum atomic E-state index is -1.19. The lowest BCUT2D eigenvalue weighted by molar-refractivity contribution is -0.201. The lowest BCUT2D eigenvalue weighted by Gasteiger charge is -2.43. The Morgan fingerprint density at radius 1 is 1.22 bits per heavy atom. The van der Waals surface area contributed by atoms with Crippen molar-refractivity contribution in [3.8, 4) is 6.07 Å². The Labute approximate surface area is 192 Å². The SMILES string of the molecule is CC(=O)OCC1O[C@H](Sc2ccc(C#N)c(Cl)c2)C(OC(C)=O)[C@@H](N=[N+]=[N-])[C@H]1OC(C)=O. The van der Waals surface area contributed by atoms with Crippen molar-refractivity contribution >= 4 is 41.3 Å². The average molecular weight is 483 g/mol. The summed E-state index contributed by atoms with van der Waals surface area (Å²) in [5.74, 6) is -1.97. The van der Waals surface area contributed by atoms with Gasteiger partial charge in [0.1, 0.15) is 42.5 Å². The minimum Gasteiger partial charge on any atom is -0.463 e. The fourth-order valence-electron chi connectivity index (χ4n) is 2.96. The Morgan fingerprint density at radius 2 is 1.88 bits per heavy atom. The monoisotopic (exact) mass is 482 g/mol. The fourth-order valence-corrected chi connectivity index (χ4v) is 4.40. The highest BCUT2D eigenvalue weighted by atomic mass is 35.5. The van der Waals surface area contributed by atoms with Crippen LogP contribution in [-0.2, 0) is 33.3 Å². The van der Waals surface area contributed by atoms with E-state index in [9.17, 15) is 14.4 Å². The largest absolute Gasteiger partial charge is 0.463 e. The summed E-state index contributed by atoms with van der Waals surface area (Å²) in [6, 6.07) is 5.43. The van der Waals surface area contributed by atoms with Crippen molar-refractivity contribution in [2.75, 3.05) is 6.61 Å². The molecule has 13 heteroatoms. The number of ether oxygens (including phenoxy) is 4. The van der Waals surface area contributed by atoms with E-state index in [1.165, 1.54) is 26.0 Å². The fraction of sp³-hybridized carbons (Fsp3) is 0.474. The molecule has 2 unspecified atom stereocenters. The van der Waals surface area contributed by atoms with Crippen LogP contribution in [0, 0.1) is 11.3 Å². The maximum absolute atomic E-state index is 11.8. The molecule has 11 nitrogen and oxygen atoms in total. The van der Waals surface area contributed by atoms with Crippen LogP contribution in [-0.4, -0.2) is 54.3 Å². The molecular weight excluding hydrogens is 464 g/mol. The van der Waals surface area contributed by atoms with Gasteiger partial charge in [-0.1, -0.05) is 28.5 Å². The van der Waals surface area contributed by atoms with E-state index in [1.807, 2.05) is 6.07 Å². The van der Waals surface area contributed by atoms with Gasteiger partial charge in [-0.3, -0.25) is 14.4 Å². The zero-order valence-corrected chi connectivity index (χ0v) is 18.8. The first-order valence-electron chi connectivity index (χ1n) is 9.20. The third-order valence-corrected chi connectivity index (χ3v) is 5.62. The molecule has 0 N–H and O–H groups in total. The Bertz CT molecular complexity index is 979. The summed E-state index contributed by atoms with van der Waals surface area (Å²) in [5.41, 5.74) is 8.41. The van der Waals surface area contributed by atoms with Crippen LogP contribution in [0.15, 0.2) is 28.2 Å². The first-order chi connectivity index (χ1) is 15.2. The number of benzene rings is 1. The molecule has 1 aromatic rings. The molecule has 1 heterocycles. The highest BCUT2D eigenvalue weighted by molar-refractivity contribution is 7.99. The van der Waals surface area contributed by atoms with E-state index in [4.69, 9.17) is 41.3 Å². The first-order valence-corrected chi connectivity index (χ1v) is 10.5. The third-order valence-electron chi connectivity index (χ3n) is 4.17. The molecule has 0 aliphatic carbocycles. The number of carbonyl (C=O) groups is 3. The van der Waals surface area contributed by atoms with Gasteiger partial charge in [-0.15, -0.1) is 0 Å². The highest BCUT2D eigenvalue weighted by Crippen LogP contribution is 2.38. The van der Waals surface area contributed by atoms with Gasteiger partial charge in [0.05, 0.1) is 10.6 Å². The van der Waals surface area contributed by atoms with E-state index < -0.39 is 47.7 Å². The molecule has 0 spiro atoms. The topological polar surface area (TPSA) is 161 Å². The lowest BCUT2D eigenvalue weighted by Crippen LogP contribution is -2.59. The number of carbonyl (C=O) groups excluding carboxylic acids is 3. The zero-order valence-electron chi connectivity index (χ0n) is 17.3. The predicted octanol–water partition coefficient (Wildman–Crippen LogP) is 3.13. The number of hydrogen-bond donors (Lipinski definition) is 0. The molecule has 1 saturated heterocycles. The summed E-state index contributed by atoms with van der Waals surface area (Å²) in [6.45, 7) is 3.21. The van der Waals surface area contributed by atoms with Gasteiger partial charge in [0.2, 0.25) is 0 Å². The van der Waals surface area contributed by atoms with E-state index in [0.29, 0.717) is 4.90 Å². The zero-order chi connectivity index (χ0) is 23.8. The number of nitriles is 1. The Balaban J connectivity index is 2.46. The van der Waals surface area contributed by atoms with Crippen molar-refractivity contribution in [1.82, 2.24) is 0 Å². The maximum Gasteiger partial charge on any atom is 0.303 e. The molecule has 1 fully saturated rings.